The number of hydrogen-bond acceptors (Lipinski definition) is 3. The molecule has 1 aliphatic heterocycles. The first kappa shape index (κ1) is 12.0. The normalized spacial score (nSPS) is 13.6. The lowest BCUT2D eigenvalue weighted by molar-refractivity contribution is 0.0976. The molecule has 5 heteroatoms. The second-order valence-corrected chi connectivity index (χ2v) is 4.54. The third-order valence-electron chi connectivity index (χ3n) is 2.97. The van der Waals surface area contributed by atoms with Gasteiger partial charge in [-0.1, -0.05) is 23.7 Å². The Labute approximate surface area is 115 Å². The Balaban J connectivity index is 2.00. The first-order chi connectivity index (χ1) is 9.27. The molecule has 2 heterocycles. The fourth-order valence-corrected chi connectivity index (χ4v) is 2.25. The number of carbonyl (C=O) groups is 1. The molecule has 96 valence electrons. The van der Waals surface area contributed by atoms with Crippen LogP contribution in [0.25, 0.3) is 0 Å². The number of para-hydroxylation sites is 2. The van der Waals surface area contributed by atoms with Gasteiger partial charge in [-0.2, -0.15) is 0 Å². The fourth-order valence-electron chi connectivity index (χ4n) is 2.06. The van der Waals surface area contributed by atoms with E-state index in [0.29, 0.717) is 29.5 Å². The Morgan fingerprint density at radius 1 is 1.32 bits per heavy atom. The van der Waals surface area contributed by atoms with Crippen LogP contribution in [-0.2, 0) is 0 Å². The summed E-state index contributed by atoms with van der Waals surface area (Å²) in [5, 5.41) is 0.406. The maximum Gasteiger partial charge on any atom is 0.261 e. The minimum absolute atomic E-state index is 0.158. The van der Waals surface area contributed by atoms with Crippen molar-refractivity contribution in [3.8, 4) is 5.75 Å². The van der Waals surface area contributed by atoms with Crippen LogP contribution in [0.5, 0.6) is 5.75 Å². The molecular formula is C14H11ClN2O2. The standard InChI is InChI=1S/C14H11ClN2O2/c15-11-5-6-16-9-10(11)14(18)17-7-8-19-13-4-2-1-3-12(13)17/h1-6,9H,7-8H2. The van der Waals surface area contributed by atoms with Crippen molar-refractivity contribution in [3.05, 3.63) is 53.3 Å². The molecule has 1 aliphatic rings. The third kappa shape index (κ3) is 2.15. The average Bonchev–Trinajstić information content (AvgIpc) is 2.46. The highest BCUT2D eigenvalue weighted by atomic mass is 35.5. The summed E-state index contributed by atoms with van der Waals surface area (Å²) in [5.41, 5.74) is 1.17. The summed E-state index contributed by atoms with van der Waals surface area (Å²) < 4.78 is 5.53. The Hall–Kier alpha value is -2.07. The van der Waals surface area contributed by atoms with Gasteiger partial charge in [0.15, 0.2) is 0 Å². The van der Waals surface area contributed by atoms with Gasteiger partial charge in [-0.05, 0) is 18.2 Å². The van der Waals surface area contributed by atoms with E-state index in [1.807, 2.05) is 24.3 Å². The molecule has 0 saturated heterocycles. The van der Waals surface area contributed by atoms with Crippen LogP contribution in [0.15, 0.2) is 42.7 Å². The van der Waals surface area contributed by atoms with Crippen molar-refractivity contribution in [1.82, 2.24) is 4.98 Å². The monoisotopic (exact) mass is 274 g/mol. The van der Waals surface area contributed by atoms with Crippen molar-refractivity contribution < 1.29 is 9.53 Å². The van der Waals surface area contributed by atoms with Gasteiger partial charge in [-0.15, -0.1) is 0 Å². The largest absolute Gasteiger partial charge is 0.490 e. The summed E-state index contributed by atoms with van der Waals surface area (Å²) in [6.07, 6.45) is 3.05. The Morgan fingerprint density at radius 2 is 2.16 bits per heavy atom. The zero-order valence-electron chi connectivity index (χ0n) is 10.0. The number of rotatable bonds is 1. The molecule has 0 bridgehead atoms. The van der Waals surface area contributed by atoms with Crippen LogP contribution in [0.1, 0.15) is 10.4 Å². The van der Waals surface area contributed by atoms with Gasteiger partial charge in [0.1, 0.15) is 12.4 Å². The molecule has 1 aromatic heterocycles. The van der Waals surface area contributed by atoms with E-state index >= 15 is 0 Å². The van der Waals surface area contributed by atoms with Crippen molar-refractivity contribution in [2.45, 2.75) is 0 Å². The van der Waals surface area contributed by atoms with Gasteiger partial charge in [-0.25, -0.2) is 0 Å². The Morgan fingerprint density at radius 3 is 3.00 bits per heavy atom. The number of ether oxygens (including phenoxy) is 1. The summed E-state index contributed by atoms with van der Waals surface area (Å²) >= 11 is 6.05. The van der Waals surface area contributed by atoms with Gasteiger partial charge in [0, 0.05) is 12.4 Å². The molecule has 0 atom stereocenters. The molecule has 0 unspecified atom stereocenters. The molecule has 0 N–H and O–H groups in total. The second kappa shape index (κ2) is 4.90. The third-order valence-corrected chi connectivity index (χ3v) is 3.30. The smallest absolute Gasteiger partial charge is 0.261 e. The number of nitrogens with zero attached hydrogens (tertiary/aromatic N) is 2. The summed E-state index contributed by atoms with van der Waals surface area (Å²) in [7, 11) is 0. The first-order valence-corrected chi connectivity index (χ1v) is 6.28. The second-order valence-electron chi connectivity index (χ2n) is 4.13. The number of pyridine rings is 1. The molecule has 3 rings (SSSR count). The number of aromatic nitrogens is 1. The van der Waals surface area contributed by atoms with Crippen LogP contribution in [0.3, 0.4) is 0 Å². The molecular weight excluding hydrogens is 264 g/mol. The average molecular weight is 275 g/mol. The van der Waals surface area contributed by atoms with Crippen molar-refractivity contribution in [2.75, 3.05) is 18.1 Å². The summed E-state index contributed by atoms with van der Waals surface area (Å²) in [6.45, 7) is 0.974. The molecule has 0 aliphatic carbocycles. The fraction of sp³-hybridized carbons (Fsp3) is 0.143. The van der Waals surface area contributed by atoms with Crippen molar-refractivity contribution in [2.24, 2.45) is 0 Å². The number of benzene rings is 1. The molecule has 4 nitrogen and oxygen atoms in total. The molecule has 1 amide bonds. The van der Waals surface area contributed by atoms with E-state index in [2.05, 4.69) is 4.98 Å². The van der Waals surface area contributed by atoms with E-state index in [4.69, 9.17) is 16.3 Å². The van der Waals surface area contributed by atoms with Crippen molar-refractivity contribution >= 4 is 23.2 Å². The molecule has 19 heavy (non-hydrogen) atoms. The lowest BCUT2D eigenvalue weighted by Crippen LogP contribution is -2.38. The van der Waals surface area contributed by atoms with Gasteiger partial charge in [0.2, 0.25) is 0 Å². The van der Waals surface area contributed by atoms with Crippen LogP contribution in [0.2, 0.25) is 5.02 Å². The highest BCUT2D eigenvalue weighted by Crippen LogP contribution is 2.32. The number of carbonyl (C=O) groups excluding carboxylic acids is 1. The van der Waals surface area contributed by atoms with E-state index in [9.17, 15) is 4.79 Å². The van der Waals surface area contributed by atoms with Gasteiger partial charge in [-0.3, -0.25) is 9.78 Å². The van der Waals surface area contributed by atoms with Crippen LogP contribution in [0.4, 0.5) is 5.69 Å². The van der Waals surface area contributed by atoms with Gasteiger partial charge < -0.3 is 9.64 Å². The van der Waals surface area contributed by atoms with Gasteiger partial charge >= 0.3 is 0 Å². The number of fused-ring (bicyclic) bond motifs is 1. The SMILES string of the molecule is O=C(c1cnccc1Cl)N1CCOc2ccccc21. The van der Waals surface area contributed by atoms with Gasteiger partial charge in [0.05, 0.1) is 22.8 Å². The maximum absolute atomic E-state index is 12.5. The van der Waals surface area contributed by atoms with Crippen LogP contribution >= 0.6 is 11.6 Å². The van der Waals surface area contributed by atoms with Gasteiger partial charge in [0.25, 0.3) is 5.91 Å². The lowest BCUT2D eigenvalue weighted by Gasteiger charge is -2.29. The molecule has 2 aromatic rings. The molecule has 1 aromatic carbocycles. The highest BCUT2D eigenvalue weighted by molar-refractivity contribution is 6.34. The molecule has 0 radical (unpaired) electrons. The van der Waals surface area contributed by atoms with E-state index < -0.39 is 0 Å². The van der Waals surface area contributed by atoms with E-state index in [-0.39, 0.29) is 5.91 Å². The van der Waals surface area contributed by atoms with Crippen molar-refractivity contribution in [1.29, 1.82) is 0 Å². The zero-order chi connectivity index (χ0) is 13.2. The number of halogens is 1. The highest BCUT2D eigenvalue weighted by Gasteiger charge is 2.25. The van der Waals surface area contributed by atoms with E-state index in [1.54, 1.807) is 17.2 Å². The zero-order valence-corrected chi connectivity index (χ0v) is 10.8. The van der Waals surface area contributed by atoms with Crippen LogP contribution in [0, 0.1) is 0 Å². The summed E-state index contributed by atoms with van der Waals surface area (Å²) in [6, 6.07) is 9.07. The van der Waals surface area contributed by atoms with Crippen molar-refractivity contribution in [3.63, 3.8) is 0 Å². The predicted molar refractivity (Wildman–Crippen MR) is 72.9 cm³/mol. The minimum atomic E-state index is -0.158. The summed E-state index contributed by atoms with van der Waals surface area (Å²) in [4.78, 5) is 18.2. The number of amides is 1. The predicted octanol–water partition coefficient (Wildman–Crippen LogP) is 2.77. The topological polar surface area (TPSA) is 42.4 Å². The molecule has 0 fully saturated rings. The molecule has 0 spiro atoms. The summed E-state index contributed by atoms with van der Waals surface area (Å²) in [5.74, 6) is 0.552. The van der Waals surface area contributed by atoms with E-state index in [1.165, 1.54) is 6.20 Å². The minimum Gasteiger partial charge on any atom is -0.490 e. The maximum atomic E-state index is 12.5. The van der Waals surface area contributed by atoms with Crippen LogP contribution in [-0.4, -0.2) is 24.0 Å². The Kier molecular flexibility index (Phi) is 3.09. The lowest BCUT2D eigenvalue weighted by atomic mass is 10.2. The Bertz CT molecular complexity index is 630. The number of hydrogen-bond donors (Lipinski definition) is 0. The first-order valence-electron chi connectivity index (χ1n) is 5.90. The molecule has 0 saturated carbocycles. The van der Waals surface area contributed by atoms with Crippen LogP contribution < -0.4 is 9.64 Å². The quantitative estimate of drug-likeness (QED) is 0.803. The van der Waals surface area contributed by atoms with E-state index in [0.717, 1.165) is 5.69 Å². The number of anilines is 1.